The predicted octanol–water partition coefficient (Wildman–Crippen LogP) is 2.78. The van der Waals surface area contributed by atoms with E-state index in [1.807, 2.05) is 11.3 Å². The molecule has 5 heteroatoms. The van der Waals surface area contributed by atoms with Crippen LogP contribution in [0.2, 0.25) is 0 Å². The van der Waals surface area contributed by atoms with E-state index < -0.39 is 0 Å². The van der Waals surface area contributed by atoms with E-state index in [1.54, 1.807) is 7.11 Å². The number of rotatable bonds is 9. The highest BCUT2D eigenvalue weighted by molar-refractivity contribution is 7.15. The van der Waals surface area contributed by atoms with Crippen molar-refractivity contribution < 1.29 is 4.74 Å². The zero-order chi connectivity index (χ0) is 13.7. The molecule has 1 saturated carbocycles. The first-order valence-electron chi connectivity index (χ1n) is 7.25. The van der Waals surface area contributed by atoms with Crippen molar-refractivity contribution in [2.24, 2.45) is 0 Å². The molecule has 0 radical (unpaired) electrons. The topological polar surface area (TPSA) is 37.4 Å². The fourth-order valence-electron chi connectivity index (χ4n) is 2.18. The van der Waals surface area contributed by atoms with Crippen molar-refractivity contribution in [2.75, 3.05) is 25.1 Å². The summed E-state index contributed by atoms with van der Waals surface area (Å²) in [4.78, 5) is 8.62. The first-order chi connectivity index (χ1) is 9.30. The number of nitrogens with zero attached hydrogens (tertiary/aromatic N) is 2. The minimum Gasteiger partial charge on any atom is -0.378 e. The van der Waals surface area contributed by atoms with E-state index in [2.05, 4.69) is 24.1 Å². The molecule has 1 N–H and O–H groups in total. The summed E-state index contributed by atoms with van der Waals surface area (Å²) in [7, 11) is 1.74. The van der Waals surface area contributed by atoms with Gasteiger partial charge in [0.2, 0.25) is 0 Å². The molecule has 1 fully saturated rings. The van der Waals surface area contributed by atoms with Gasteiger partial charge in [0.25, 0.3) is 0 Å². The molecule has 1 aliphatic carbocycles. The van der Waals surface area contributed by atoms with Gasteiger partial charge in [-0.1, -0.05) is 13.8 Å². The second kappa shape index (κ2) is 7.22. The summed E-state index contributed by atoms with van der Waals surface area (Å²) in [5, 5.41) is 4.57. The van der Waals surface area contributed by atoms with E-state index in [1.165, 1.54) is 29.3 Å². The maximum Gasteiger partial charge on any atom is 0.186 e. The molecule has 2 rings (SSSR count). The van der Waals surface area contributed by atoms with Crippen molar-refractivity contribution in [2.45, 2.75) is 52.3 Å². The Hall–Kier alpha value is -0.650. The molecule has 1 aromatic rings. The number of hydrogen-bond acceptors (Lipinski definition) is 5. The summed E-state index contributed by atoms with van der Waals surface area (Å²) in [6.45, 7) is 7.98. The van der Waals surface area contributed by atoms with Crippen LogP contribution in [0.15, 0.2) is 0 Å². The van der Waals surface area contributed by atoms with Gasteiger partial charge in [-0.2, -0.15) is 0 Å². The minimum atomic E-state index is 0.613. The van der Waals surface area contributed by atoms with Crippen molar-refractivity contribution >= 4 is 16.5 Å². The van der Waals surface area contributed by atoms with Gasteiger partial charge in [0.15, 0.2) is 5.13 Å². The summed E-state index contributed by atoms with van der Waals surface area (Å²) in [6, 6.07) is 0.730. The molecule has 0 atom stereocenters. The van der Waals surface area contributed by atoms with E-state index >= 15 is 0 Å². The Labute approximate surface area is 120 Å². The minimum absolute atomic E-state index is 0.613. The Morgan fingerprint density at radius 1 is 1.42 bits per heavy atom. The molecule has 108 valence electrons. The zero-order valence-electron chi connectivity index (χ0n) is 12.2. The summed E-state index contributed by atoms with van der Waals surface area (Å²) in [5.41, 5.74) is 1.10. The van der Waals surface area contributed by atoms with Gasteiger partial charge in [0.1, 0.15) is 0 Å². The fourth-order valence-corrected chi connectivity index (χ4v) is 3.31. The highest BCUT2D eigenvalue weighted by Gasteiger charge is 2.31. The normalized spacial score (nSPS) is 14.9. The molecule has 0 aliphatic heterocycles. The molecule has 0 saturated heterocycles. The summed E-state index contributed by atoms with van der Waals surface area (Å²) in [5.74, 6) is 0. The van der Waals surface area contributed by atoms with Crippen LogP contribution in [0.25, 0.3) is 0 Å². The van der Waals surface area contributed by atoms with Gasteiger partial charge in [-0.3, -0.25) is 0 Å². The smallest absolute Gasteiger partial charge is 0.186 e. The molecule has 19 heavy (non-hydrogen) atoms. The lowest BCUT2D eigenvalue weighted by molar-refractivity contribution is 0.181. The van der Waals surface area contributed by atoms with Crippen molar-refractivity contribution in [3.8, 4) is 0 Å². The van der Waals surface area contributed by atoms with Gasteiger partial charge in [-0.15, -0.1) is 11.3 Å². The van der Waals surface area contributed by atoms with Crippen LogP contribution < -0.4 is 10.2 Å². The van der Waals surface area contributed by atoms with E-state index in [4.69, 9.17) is 9.72 Å². The monoisotopic (exact) mass is 283 g/mol. The number of methoxy groups -OCH3 is 1. The average Bonchev–Trinajstić information content (AvgIpc) is 3.17. The molecule has 4 nitrogen and oxygen atoms in total. The van der Waals surface area contributed by atoms with E-state index in [0.29, 0.717) is 6.61 Å². The number of thiazole rings is 1. The van der Waals surface area contributed by atoms with Crippen LogP contribution in [0.5, 0.6) is 0 Å². The number of anilines is 1. The Bertz CT molecular complexity index is 390. The number of ether oxygens (including phenoxy) is 1. The summed E-state index contributed by atoms with van der Waals surface area (Å²) in [6.07, 6.45) is 3.82. The van der Waals surface area contributed by atoms with Crippen molar-refractivity contribution in [3.63, 3.8) is 0 Å². The molecule has 0 amide bonds. The fraction of sp³-hybridized carbons (Fsp3) is 0.786. The van der Waals surface area contributed by atoms with E-state index in [0.717, 1.165) is 31.4 Å². The standard InChI is InChI=1S/C14H25N3OS/c1-4-8-17(11-6-7-11)14-16-12(10-18-3)13(19-14)9-15-5-2/h11,15H,4-10H2,1-3H3. The van der Waals surface area contributed by atoms with Crippen LogP contribution in [-0.4, -0.2) is 31.2 Å². The SMILES string of the molecule is CCCN(c1nc(COC)c(CNCC)s1)C1CC1. The van der Waals surface area contributed by atoms with Crippen molar-refractivity contribution in [1.82, 2.24) is 10.3 Å². The number of aromatic nitrogens is 1. The summed E-state index contributed by atoms with van der Waals surface area (Å²) >= 11 is 1.83. The number of hydrogen-bond donors (Lipinski definition) is 1. The van der Waals surface area contributed by atoms with Crippen LogP contribution in [0.4, 0.5) is 5.13 Å². The molecular formula is C14H25N3OS. The van der Waals surface area contributed by atoms with Gasteiger partial charge in [-0.25, -0.2) is 4.98 Å². The maximum atomic E-state index is 5.28. The second-order valence-electron chi connectivity index (χ2n) is 5.00. The Morgan fingerprint density at radius 2 is 2.21 bits per heavy atom. The van der Waals surface area contributed by atoms with Gasteiger partial charge in [0.05, 0.1) is 12.3 Å². The largest absolute Gasteiger partial charge is 0.378 e. The van der Waals surface area contributed by atoms with Crippen molar-refractivity contribution in [3.05, 3.63) is 10.6 Å². The van der Waals surface area contributed by atoms with Crippen LogP contribution >= 0.6 is 11.3 Å². The molecule has 0 bridgehead atoms. The van der Waals surface area contributed by atoms with Gasteiger partial charge < -0.3 is 15.0 Å². The molecule has 0 unspecified atom stereocenters. The van der Waals surface area contributed by atoms with Crippen LogP contribution in [0, 0.1) is 0 Å². The van der Waals surface area contributed by atoms with Crippen LogP contribution in [-0.2, 0) is 17.9 Å². The van der Waals surface area contributed by atoms with Crippen LogP contribution in [0.1, 0.15) is 43.7 Å². The Kier molecular flexibility index (Phi) is 5.60. The quantitative estimate of drug-likeness (QED) is 0.756. The third kappa shape index (κ3) is 3.91. The third-order valence-corrected chi connectivity index (χ3v) is 4.42. The molecule has 0 aromatic carbocycles. The molecule has 1 aromatic heterocycles. The zero-order valence-corrected chi connectivity index (χ0v) is 13.1. The number of nitrogens with one attached hydrogen (secondary N) is 1. The van der Waals surface area contributed by atoms with Gasteiger partial charge in [-0.05, 0) is 25.8 Å². The first kappa shape index (κ1) is 14.8. The molecule has 1 heterocycles. The highest BCUT2D eigenvalue weighted by Crippen LogP contribution is 2.35. The van der Waals surface area contributed by atoms with Crippen LogP contribution in [0.3, 0.4) is 0 Å². The third-order valence-electron chi connectivity index (χ3n) is 3.28. The lowest BCUT2D eigenvalue weighted by Crippen LogP contribution is -2.26. The van der Waals surface area contributed by atoms with Crippen molar-refractivity contribution in [1.29, 1.82) is 0 Å². The predicted molar refractivity (Wildman–Crippen MR) is 80.9 cm³/mol. The second-order valence-corrected chi connectivity index (χ2v) is 6.07. The average molecular weight is 283 g/mol. The van der Waals surface area contributed by atoms with E-state index in [9.17, 15) is 0 Å². The van der Waals surface area contributed by atoms with E-state index in [-0.39, 0.29) is 0 Å². The first-order valence-corrected chi connectivity index (χ1v) is 8.06. The maximum absolute atomic E-state index is 5.28. The lowest BCUT2D eigenvalue weighted by Gasteiger charge is -2.20. The Morgan fingerprint density at radius 3 is 2.79 bits per heavy atom. The van der Waals surface area contributed by atoms with Gasteiger partial charge >= 0.3 is 0 Å². The van der Waals surface area contributed by atoms with Gasteiger partial charge in [0, 0.05) is 31.1 Å². The molecule has 1 aliphatic rings. The Balaban J connectivity index is 2.14. The molecule has 0 spiro atoms. The lowest BCUT2D eigenvalue weighted by atomic mass is 10.3. The molecular weight excluding hydrogens is 258 g/mol. The summed E-state index contributed by atoms with van der Waals surface area (Å²) < 4.78 is 5.28. The highest BCUT2D eigenvalue weighted by atomic mass is 32.1.